The lowest BCUT2D eigenvalue weighted by atomic mass is 10.0. The Morgan fingerprint density at radius 3 is 2.56 bits per heavy atom. The lowest BCUT2D eigenvalue weighted by Gasteiger charge is -2.20. The van der Waals surface area contributed by atoms with Crippen LogP contribution in [0, 0.1) is 5.82 Å². The predicted molar refractivity (Wildman–Crippen MR) is 103 cm³/mol. The number of rotatable bonds is 5. The molecule has 164 valence electrons. The predicted octanol–water partition coefficient (Wildman–Crippen LogP) is 4.07. The SMILES string of the molecule is O=C(NC(c1ccc(OC(F)(F)F)cc1)c1ncccc1F)c1ccc2[nH]c(=O)oc2c1. The molecule has 1 amide bonds. The van der Waals surface area contributed by atoms with E-state index < -0.39 is 35.6 Å². The number of alkyl halides is 3. The molecule has 2 aromatic carbocycles. The topological polar surface area (TPSA) is 97.2 Å². The Balaban J connectivity index is 1.67. The Morgan fingerprint density at radius 1 is 1.12 bits per heavy atom. The third-order valence-corrected chi connectivity index (χ3v) is 4.47. The summed E-state index contributed by atoms with van der Waals surface area (Å²) in [6.07, 6.45) is -3.55. The second-order valence-electron chi connectivity index (χ2n) is 6.62. The fourth-order valence-corrected chi connectivity index (χ4v) is 3.08. The number of aromatic nitrogens is 2. The summed E-state index contributed by atoms with van der Waals surface area (Å²) in [5.41, 5.74) is 0.772. The van der Waals surface area contributed by atoms with Crippen molar-refractivity contribution >= 4 is 17.0 Å². The number of benzene rings is 2. The number of halogens is 4. The number of nitrogens with zero attached hydrogens (tertiary/aromatic N) is 1. The minimum atomic E-state index is -4.87. The number of pyridine rings is 1. The van der Waals surface area contributed by atoms with Gasteiger partial charge in [-0.1, -0.05) is 12.1 Å². The van der Waals surface area contributed by atoms with Gasteiger partial charge in [-0.2, -0.15) is 0 Å². The molecule has 4 rings (SSSR count). The van der Waals surface area contributed by atoms with E-state index in [1.807, 2.05) is 0 Å². The van der Waals surface area contributed by atoms with Crippen LogP contribution in [-0.2, 0) is 0 Å². The number of hydrogen-bond acceptors (Lipinski definition) is 5. The maximum Gasteiger partial charge on any atom is 0.573 e. The van der Waals surface area contributed by atoms with Crippen LogP contribution in [-0.4, -0.2) is 22.2 Å². The van der Waals surface area contributed by atoms with Crippen LogP contribution in [0.5, 0.6) is 5.75 Å². The summed E-state index contributed by atoms with van der Waals surface area (Å²) in [6, 6.07) is 10.2. The molecule has 0 spiro atoms. The smallest absolute Gasteiger partial charge is 0.408 e. The van der Waals surface area contributed by atoms with E-state index in [9.17, 15) is 27.2 Å². The molecule has 0 bridgehead atoms. The van der Waals surface area contributed by atoms with Gasteiger partial charge in [-0.3, -0.25) is 14.8 Å². The molecule has 1 atom stereocenters. The molecule has 0 saturated heterocycles. The van der Waals surface area contributed by atoms with E-state index >= 15 is 0 Å². The number of amides is 1. The number of H-pyrrole nitrogens is 1. The van der Waals surface area contributed by atoms with Crippen LogP contribution in [0.15, 0.2) is 70.0 Å². The molecule has 0 aliphatic heterocycles. The molecular formula is C21H13F4N3O4. The van der Waals surface area contributed by atoms with Crippen molar-refractivity contribution in [2.45, 2.75) is 12.4 Å². The van der Waals surface area contributed by atoms with Crippen LogP contribution in [0.4, 0.5) is 17.6 Å². The van der Waals surface area contributed by atoms with Gasteiger partial charge in [-0.05, 0) is 48.0 Å². The van der Waals surface area contributed by atoms with Gasteiger partial charge in [0.05, 0.1) is 11.6 Å². The van der Waals surface area contributed by atoms with Gasteiger partial charge < -0.3 is 14.5 Å². The van der Waals surface area contributed by atoms with Crippen molar-refractivity contribution in [3.05, 3.63) is 94.0 Å². The van der Waals surface area contributed by atoms with Crippen molar-refractivity contribution < 1.29 is 31.5 Å². The van der Waals surface area contributed by atoms with Gasteiger partial charge in [-0.25, -0.2) is 9.18 Å². The average molecular weight is 447 g/mol. The lowest BCUT2D eigenvalue weighted by molar-refractivity contribution is -0.274. The lowest BCUT2D eigenvalue weighted by Crippen LogP contribution is -2.30. The highest BCUT2D eigenvalue weighted by Crippen LogP contribution is 2.28. The number of nitrogens with one attached hydrogen (secondary N) is 2. The second-order valence-corrected chi connectivity index (χ2v) is 6.62. The Bertz CT molecular complexity index is 1330. The molecule has 1 unspecified atom stereocenters. The number of fused-ring (bicyclic) bond motifs is 1. The summed E-state index contributed by atoms with van der Waals surface area (Å²) >= 11 is 0. The van der Waals surface area contributed by atoms with Crippen LogP contribution < -0.4 is 15.8 Å². The zero-order valence-corrected chi connectivity index (χ0v) is 15.9. The first-order valence-corrected chi connectivity index (χ1v) is 9.09. The van der Waals surface area contributed by atoms with Crippen molar-refractivity contribution in [3.8, 4) is 5.75 Å². The van der Waals surface area contributed by atoms with Crippen molar-refractivity contribution in [2.75, 3.05) is 0 Å². The summed E-state index contributed by atoms with van der Waals surface area (Å²) in [4.78, 5) is 30.6. The van der Waals surface area contributed by atoms with Crippen LogP contribution in [0.25, 0.3) is 11.1 Å². The molecular weight excluding hydrogens is 434 g/mol. The molecule has 0 fully saturated rings. The number of oxazole rings is 1. The molecule has 0 aliphatic rings. The first-order chi connectivity index (χ1) is 15.2. The minimum absolute atomic E-state index is 0.110. The summed E-state index contributed by atoms with van der Waals surface area (Å²) in [6.45, 7) is 0. The molecule has 2 N–H and O–H groups in total. The van der Waals surface area contributed by atoms with Crippen LogP contribution in [0.1, 0.15) is 27.7 Å². The highest BCUT2D eigenvalue weighted by atomic mass is 19.4. The zero-order valence-electron chi connectivity index (χ0n) is 15.9. The van der Waals surface area contributed by atoms with Gasteiger partial charge in [0.1, 0.15) is 17.3 Å². The Morgan fingerprint density at radius 2 is 1.88 bits per heavy atom. The largest absolute Gasteiger partial charge is 0.573 e. The monoisotopic (exact) mass is 447 g/mol. The number of ether oxygens (including phenoxy) is 1. The van der Waals surface area contributed by atoms with E-state index in [4.69, 9.17) is 4.42 Å². The molecule has 7 nitrogen and oxygen atoms in total. The first-order valence-electron chi connectivity index (χ1n) is 9.09. The Hall–Kier alpha value is -4.15. The number of aromatic amines is 1. The fraction of sp³-hybridized carbons (Fsp3) is 0.0952. The first kappa shape index (κ1) is 21.1. The molecule has 0 radical (unpaired) electrons. The van der Waals surface area contributed by atoms with E-state index in [0.29, 0.717) is 5.52 Å². The summed E-state index contributed by atoms with van der Waals surface area (Å²) in [5.74, 6) is -2.53. The van der Waals surface area contributed by atoms with Crippen molar-refractivity contribution in [1.29, 1.82) is 0 Å². The Kier molecular flexibility index (Phi) is 5.39. The van der Waals surface area contributed by atoms with E-state index in [1.54, 1.807) is 0 Å². The summed E-state index contributed by atoms with van der Waals surface area (Å²) in [7, 11) is 0. The van der Waals surface area contributed by atoms with E-state index in [2.05, 4.69) is 20.0 Å². The van der Waals surface area contributed by atoms with Crippen molar-refractivity contribution in [1.82, 2.24) is 15.3 Å². The third kappa shape index (κ3) is 4.61. The van der Waals surface area contributed by atoms with E-state index in [-0.39, 0.29) is 22.4 Å². The Labute approximate surface area is 176 Å². The van der Waals surface area contributed by atoms with E-state index in [1.165, 1.54) is 42.6 Å². The molecule has 11 heteroatoms. The maximum absolute atomic E-state index is 14.4. The van der Waals surface area contributed by atoms with Gasteiger partial charge in [0.2, 0.25) is 0 Å². The fourth-order valence-electron chi connectivity index (χ4n) is 3.08. The van der Waals surface area contributed by atoms with Gasteiger partial charge in [0.15, 0.2) is 5.58 Å². The third-order valence-electron chi connectivity index (χ3n) is 4.47. The maximum atomic E-state index is 14.4. The van der Waals surface area contributed by atoms with Gasteiger partial charge >= 0.3 is 12.1 Å². The number of carbonyl (C=O) groups excluding carboxylic acids is 1. The molecule has 32 heavy (non-hydrogen) atoms. The van der Waals surface area contributed by atoms with Crippen molar-refractivity contribution in [3.63, 3.8) is 0 Å². The van der Waals surface area contributed by atoms with Crippen LogP contribution in [0.3, 0.4) is 0 Å². The molecule has 2 heterocycles. The molecule has 0 saturated carbocycles. The minimum Gasteiger partial charge on any atom is -0.408 e. The highest BCUT2D eigenvalue weighted by molar-refractivity contribution is 5.97. The second kappa shape index (κ2) is 8.17. The molecule has 2 aromatic heterocycles. The number of hydrogen-bond donors (Lipinski definition) is 2. The van der Waals surface area contributed by atoms with Crippen LogP contribution in [0.2, 0.25) is 0 Å². The van der Waals surface area contributed by atoms with Gasteiger partial charge in [-0.15, -0.1) is 13.2 Å². The molecule has 4 aromatic rings. The zero-order chi connectivity index (χ0) is 22.9. The summed E-state index contributed by atoms with van der Waals surface area (Å²) < 4.78 is 60.5. The average Bonchev–Trinajstić information content (AvgIpc) is 3.11. The van der Waals surface area contributed by atoms with E-state index in [0.717, 1.165) is 18.2 Å². The van der Waals surface area contributed by atoms with Crippen molar-refractivity contribution in [2.24, 2.45) is 0 Å². The van der Waals surface area contributed by atoms with Gasteiger partial charge in [0, 0.05) is 11.8 Å². The highest BCUT2D eigenvalue weighted by Gasteiger charge is 2.31. The summed E-state index contributed by atoms with van der Waals surface area (Å²) in [5, 5.41) is 2.61. The van der Waals surface area contributed by atoms with Gasteiger partial charge in [0.25, 0.3) is 5.91 Å². The normalized spacial score (nSPS) is 12.5. The standard InChI is InChI=1S/C21H13F4N3O4/c22-14-2-1-9-26-18(14)17(11-3-6-13(7-4-11)32-21(23,24)25)28-19(29)12-5-8-15-16(10-12)31-20(30)27-15/h1-10,17H,(H,27,30)(H,28,29). The van der Waals surface area contributed by atoms with Crippen LogP contribution >= 0.6 is 0 Å². The quantitative estimate of drug-likeness (QED) is 0.450. The number of carbonyl (C=O) groups is 1. The molecule has 0 aliphatic carbocycles.